The fourth-order valence-electron chi connectivity index (χ4n) is 2.66. The first-order valence-corrected chi connectivity index (χ1v) is 7.26. The standard InChI is InChI=1S/C17H19N3O/c1-19-12-13-20(15-8-5-11-18-17(15)19)16(21)10-9-14-6-3-2-4-7-14/h2-8,11H,9-10,12-13H2,1H3. The van der Waals surface area contributed by atoms with Crippen molar-refractivity contribution in [3.8, 4) is 0 Å². The first-order valence-electron chi connectivity index (χ1n) is 7.26. The largest absolute Gasteiger partial charge is 0.356 e. The number of anilines is 2. The molecular weight excluding hydrogens is 262 g/mol. The van der Waals surface area contributed by atoms with Gasteiger partial charge < -0.3 is 9.80 Å². The number of pyridine rings is 1. The van der Waals surface area contributed by atoms with Crippen molar-refractivity contribution < 1.29 is 4.79 Å². The highest BCUT2D eigenvalue weighted by atomic mass is 16.2. The van der Waals surface area contributed by atoms with Crippen LogP contribution in [-0.2, 0) is 11.2 Å². The summed E-state index contributed by atoms with van der Waals surface area (Å²) in [6.45, 7) is 1.55. The Balaban J connectivity index is 1.72. The number of carbonyl (C=O) groups excluding carboxylic acids is 1. The molecule has 2 aromatic rings. The monoisotopic (exact) mass is 281 g/mol. The van der Waals surface area contributed by atoms with Crippen molar-refractivity contribution in [1.29, 1.82) is 0 Å². The number of aryl methyl sites for hydroxylation is 1. The van der Waals surface area contributed by atoms with Crippen LogP contribution < -0.4 is 9.80 Å². The van der Waals surface area contributed by atoms with Crippen molar-refractivity contribution in [2.75, 3.05) is 29.9 Å². The van der Waals surface area contributed by atoms with Crippen molar-refractivity contribution in [3.63, 3.8) is 0 Å². The average molecular weight is 281 g/mol. The fraction of sp³-hybridized carbons (Fsp3) is 0.294. The number of carbonyl (C=O) groups is 1. The molecule has 0 saturated heterocycles. The molecule has 0 N–H and O–H groups in total. The van der Waals surface area contributed by atoms with Crippen LogP contribution in [0.2, 0.25) is 0 Å². The number of benzene rings is 1. The van der Waals surface area contributed by atoms with E-state index in [1.165, 1.54) is 5.56 Å². The molecular formula is C17H19N3O. The highest BCUT2D eigenvalue weighted by Gasteiger charge is 2.25. The molecule has 1 aromatic carbocycles. The van der Waals surface area contributed by atoms with Gasteiger partial charge in [-0.25, -0.2) is 4.98 Å². The van der Waals surface area contributed by atoms with E-state index in [0.29, 0.717) is 6.42 Å². The summed E-state index contributed by atoms with van der Waals surface area (Å²) in [5.41, 5.74) is 2.12. The molecule has 2 heterocycles. The number of aromatic nitrogens is 1. The van der Waals surface area contributed by atoms with E-state index < -0.39 is 0 Å². The lowest BCUT2D eigenvalue weighted by atomic mass is 10.1. The maximum atomic E-state index is 12.5. The summed E-state index contributed by atoms with van der Waals surface area (Å²) in [5, 5.41) is 0. The maximum absolute atomic E-state index is 12.5. The van der Waals surface area contributed by atoms with E-state index in [1.807, 2.05) is 42.3 Å². The topological polar surface area (TPSA) is 36.4 Å². The van der Waals surface area contributed by atoms with Gasteiger partial charge in [0.2, 0.25) is 5.91 Å². The Hall–Kier alpha value is -2.36. The molecule has 4 nitrogen and oxygen atoms in total. The molecule has 1 amide bonds. The number of fused-ring (bicyclic) bond motifs is 1. The van der Waals surface area contributed by atoms with E-state index in [1.54, 1.807) is 6.20 Å². The molecule has 0 unspecified atom stereocenters. The quantitative estimate of drug-likeness (QED) is 0.867. The third kappa shape index (κ3) is 2.89. The lowest BCUT2D eigenvalue weighted by molar-refractivity contribution is -0.118. The Morgan fingerprint density at radius 2 is 1.95 bits per heavy atom. The normalized spacial score (nSPS) is 14.0. The van der Waals surface area contributed by atoms with Crippen molar-refractivity contribution >= 4 is 17.4 Å². The van der Waals surface area contributed by atoms with Crippen LogP contribution in [0.5, 0.6) is 0 Å². The zero-order chi connectivity index (χ0) is 14.7. The third-order valence-corrected chi connectivity index (χ3v) is 3.85. The van der Waals surface area contributed by atoms with Crippen LogP contribution in [0.25, 0.3) is 0 Å². The molecule has 0 atom stereocenters. The zero-order valence-corrected chi connectivity index (χ0v) is 12.2. The predicted molar refractivity (Wildman–Crippen MR) is 84.6 cm³/mol. The number of hydrogen-bond acceptors (Lipinski definition) is 3. The van der Waals surface area contributed by atoms with Gasteiger partial charge in [-0.2, -0.15) is 0 Å². The lowest BCUT2D eigenvalue weighted by Gasteiger charge is -2.34. The first kappa shape index (κ1) is 13.6. The predicted octanol–water partition coefficient (Wildman–Crippen LogP) is 2.50. The summed E-state index contributed by atoms with van der Waals surface area (Å²) in [6, 6.07) is 14.0. The van der Waals surface area contributed by atoms with Crippen LogP contribution >= 0.6 is 0 Å². The van der Waals surface area contributed by atoms with Crippen LogP contribution in [0.4, 0.5) is 11.5 Å². The molecule has 1 aliphatic rings. The zero-order valence-electron chi connectivity index (χ0n) is 12.2. The summed E-state index contributed by atoms with van der Waals surface area (Å²) >= 11 is 0. The van der Waals surface area contributed by atoms with Gasteiger partial charge in [-0.1, -0.05) is 30.3 Å². The molecule has 4 heteroatoms. The molecule has 0 bridgehead atoms. The van der Waals surface area contributed by atoms with Gasteiger partial charge in [0.1, 0.15) is 0 Å². The van der Waals surface area contributed by atoms with Crippen LogP contribution in [-0.4, -0.2) is 31.0 Å². The van der Waals surface area contributed by atoms with Gasteiger partial charge in [-0.15, -0.1) is 0 Å². The van der Waals surface area contributed by atoms with E-state index in [9.17, 15) is 4.79 Å². The minimum absolute atomic E-state index is 0.168. The molecule has 0 fully saturated rings. The van der Waals surface area contributed by atoms with Gasteiger partial charge in [-0.05, 0) is 24.1 Å². The molecule has 0 aliphatic carbocycles. The van der Waals surface area contributed by atoms with E-state index in [0.717, 1.165) is 31.0 Å². The average Bonchev–Trinajstić information content (AvgIpc) is 2.54. The van der Waals surface area contributed by atoms with E-state index in [4.69, 9.17) is 0 Å². The summed E-state index contributed by atoms with van der Waals surface area (Å²) in [4.78, 5) is 20.9. The minimum Gasteiger partial charge on any atom is -0.356 e. The van der Waals surface area contributed by atoms with Crippen molar-refractivity contribution in [1.82, 2.24) is 4.98 Å². The summed E-state index contributed by atoms with van der Waals surface area (Å²) in [7, 11) is 2.01. The molecule has 1 aromatic heterocycles. The van der Waals surface area contributed by atoms with Gasteiger partial charge in [0.05, 0.1) is 5.69 Å². The van der Waals surface area contributed by atoms with Crippen molar-refractivity contribution in [2.45, 2.75) is 12.8 Å². The van der Waals surface area contributed by atoms with Crippen LogP contribution in [0.1, 0.15) is 12.0 Å². The number of likely N-dealkylation sites (N-methyl/N-ethyl adjacent to an activating group) is 1. The number of nitrogens with zero attached hydrogens (tertiary/aromatic N) is 3. The fourth-order valence-corrected chi connectivity index (χ4v) is 2.66. The lowest BCUT2D eigenvalue weighted by Crippen LogP contribution is -2.43. The molecule has 0 saturated carbocycles. The number of hydrogen-bond donors (Lipinski definition) is 0. The van der Waals surface area contributed by atoms with Gasteiger partial charge in [0, 0.05) is 32.8 Å². The minimum atomic E-state index is 0.168. The smallest absolute Gasteiger partial charge is 0.227 e. The number of amides is 1. The second kappa shape index (κ2) is 5.95. The van der Waals surface area contributed by atoms with Crippen LogP contribution in [0.3, 0.4) is 0 Å². The Kier molecular flexibility index (Phi) is 3.86. The van der Waals surface area contributed by atoms with Gasteiger partial charge in [-0.3, -0.25) is 4.79 Å². The summed E-state index contributed by atoms with van der Waals surface area (Å²) in [5.74, 6) is 1.05. The second-order valence-corrected chi connectivity index (χ2v) is 5.30. The van der Waals surface area contributed by atoms with E-state index >= 15 is 0 Å². The third-order valence-electron chi connectivity index (χ3n) is 3.85. The molecule has 1 aliphatic heterocycles. The van der Waals surface area contributed by atoms with Gasteiger partial charge in [0.25, 0.3) is 0 Å². The number of rotatable bonds is 3. The summed E-state index contributed by atoms with van der Waals surface area (Å²) < 4.78 is 0. The molecule has 3 rings (SSSR count). The van der Waals surface area contributed by atoms with Crippen LogP contribution in [0.15, 0.2) is 48.7 Å². The Labute approximate surface area is 125 Å². The van der Waals surface area contributed by atoms with Crippen molar-refractivity contribution in [3.05, 3.63) is 54.2 Å². The van der Waals surface area contributed by atoms with Gasteiger partial charge >= 0.3 is 0 Å². The van der Waals surface area contributed by atoms with Crippen molar-refractivity contribution in [2.24, 2.45) is 0 Å². The highest BCUT2D eigenvalue weighted by Crippen LogP contribution is 2.29. The highest BCUT2D eigenvalue weighted by molar-refractivity contribution is 5.97. The molecule has 108 valence electrons. The Morgan fingerprint density at radius 3 is 2.76 bits per heavy atom. The maximum Gasteiger partial charge on any atom is 0.227 e. The molecule has 0 spiro atoms. The van der Waals surface area contributed by atoms with Crippen LogP contribution in [0, 0.1) is 0 Å². The molecule has 0 radical (unpaired) electrons. The first-order chi connectivity index (χ1) is 10.3. The van der Waals surface area contributed by atoms with E-state index in [-0.39, 0.29) is 5.91 Å². The van der Waals surface area contributed by atoms with Gasteiger partial charge in [0.15, 0.2) is 5.82 Å². The Bertz CT molecular complexity index is 627. The molecule has 21 heavy (non-hydrogen) atoms. The Morgan fingerprint density at radius 1 is 1.14 bits per heavy atom. The van der Waals surface area contributed by atoms with E-state index in [2.05, 4.69) is 22.0 Å². The second-order valence-electron chi connectivity index (χ2n) is 5.30. The SMILES string of the molecule is CN1CCN(C(=O)CCc2ccccc2)c2cccnc21. The summed E-state index contributed by atoms with van der Waals surface area (Å²) in [6.07, 6.45) is 3.08.